The molecule has 0 aromatic carbocycles. The number of aryl methyl sites for hydroxylation is 1. The fraction of sp³-hybridized carbons (Fsp3) is 0.583. The second-order valence-electron chi connectivity index (χ2n) is 5.05. The Hall–Kier alpha value is -1.89. The molecule has 1 saturated carbocycles. The van der Waals surface area contributed by atoms with Gasteiger partial charge in [0.25, 0.3) is 0 Å². The van der Waals surface area contributed by atoms with Crippen molar-refractivity contribution in [1.82, 2.24) is 19.6 Å². The van der Waals surface area contributed by atoms with Crippen LogP contribution in [0, 0.1) is 12.8 Å². The molecule has 3 N–H and O–H groups in total. The molecule has 2 atom stereocenters. The van der Waals surface area contributed by atoms with Crippen LogP contribution in [-0.4, -0.2) is 37.3 Å². The van der Waals surface area contributed by atoms with Gasteiger partial charge >= 0.3 is 5.69 Å². The van der Waals surface area contributed by atoms with Crippen LogP contribution in [0.3, 0.4) is 0 Å². The molecule has 1 aliphatic carbocycles. The highest BCUT2D eigenvalue weighted by molar-refractivity contribution is 5.49. The van der Waals surface area contributed by atoms with E-state index < -0.39 is 0 Å². The van der Waals surface area contributed by atoms with E-state index in [1.807, 2.05) is 0 Å². The van der Waals surface area contributed by atoms with E-state index in [-0.39, 0.29) is 17.7 Å². The molecule has 19 heavy (non-hydrogen) atoms. The van der Waals surface area contributed by atoms with Crippen LogP contribution in [0.5, 0.6) is 0 Å². The van der Waals surface area contributed by atoms with E-state index in [1.54, 1.807) is 13.0 Å². The van der Waals surface area contributed by atoms with Crippen molar-refractivity contribution in [3.05, 3.63) is 22.4 Å². The van der Waals surface area contributed by atoms with Gasteiger partial charge in [0.15, 0.2) is 5.65 Å². The molecule has 7 heteroatoms. The summed E-state index contributed by atoms with van der Waals surface area (Å²) in [4.78, 5) is 15.8. The van der Waals surface area contributed by atoms with Gasteiger partial charge in [0, 0.05) is 18.5 Å². The molecule has 1 aliphatic rings. The predicted octanol–water partition coefficient (Wildman–Crippen LogP) is 0.299. The number of aliphatic hydroxyl groups is 1. The minimum Gasteiger partial charge on any atom is -0.393 e. The molecule has 0 bridgehead atoms. The fourth-order valence-electron chi connectivity index (χ4n) is 2.68. The van der Waals surface area contributed by atoms with Crippen LogP contribution >= 0.6 is 0 Å². The van der Waals surface area contributed by atoms with Crippen molar-refractivity contribution in [2.45, 2.75) is 32.3 Å². The number of hydrogen-bond donors (Lipinski definition) is 3. The maximum atomic E-state index is 11.5. The third kappa shape index (κ3) is 2.21. The van der Waals surface area contributed by atoms with Crippen LogP contribution in [0.4, 0.5) is 5.82 Å². The van der Waals surface area contributed by atoms with Crippen LogP contribution in [0.25, 0.3) is 5.65 Å². The number of hydrogen-bond acceptors (Lipinski definition) is 5. The summed E-state index contributed by atoms with van der Waals surface area (Å²) in [6.45, 7) is 2.46. The smallest absolute Gasteiger partial charge is 0.349 e. The summed E-state index contributed by atoms with van der Waals surface area (Å²) in [5, 5.41) is 19.3. The molecule has 2 aromatic heterocycles. The first kappa shape index (κ1) is 12.2. The van der Waals surface area contributed by atoms with Crippen molar-refractivity contribution < 1.29 is 5.11 Å². The third-order valence-corrected chi connectivity index (χ3v) is 3.73. The van der Waals surface area contributed by atoms with Gasteiger partial charge in [-0.15, -0.1) is 0 Å². The van der Waals surface area contributed by atoms with Crippen LogP contribution in [0.15, 0.2) is 10.9 Å². The summed E-state index contributed by atoms with van der Waals surface area (Å²) in [5.41, 5.74) is 0.268. The van der Waals surface area contributed by atoms with Gasteiger partial charge in [-0.25, -0.2) is 19.3 Å². The largest absolute Gasteiger partial charge is 0.393 e. The van der Waals surface area contributed by atoms with E-state index in [4.69, 9.17) is 0 Å². The van der Waals surface area contributed by atoms with Gasteiger partial charge in [0.05, 0.1) is 6.10 Å². The Kier molecular flexibility index (Phi) is 2.98. The highest BCUT2D eigenvalue weighted by Gasteiger charge is 2.24. The van der Waals surface area contributed by atoms with Crippen molar-refractivity contribution in [2.24, 2.45) is 5.92 Å². The van der Waals surface area contributed by atoms with Gasteiger partial charge in [0.2, 0.25) is 0 Å². The number of anilines is 1. The topological polar surface area (TPSA) is 95.3 Å². The average Bonchev–Trinajstić information content (AvgIpc) is 2.94. The number of aliphatic hydroxyl groups excluding tert-OH is 1. The molecule has 1 fully saturated rings. The minimum atomic E-state index is -0.280. The summed E-state index contributed by atoms with van der Waals surface area (Å²) < 4.78 is 1.43. The molecule has 0 radical (unpaired) electrons. The number of rotatable bonds is 3. The zero-order valence-corrected chi connectivity index (χ0v) is 10.8. The van der Waals surface area contributed by atoms with E-state index in [2.05, 4.69) is 20.5 Å². The Morgan fingerprint density at radius 3 is 3.16 bits per heavy atom. The van der Waals surface area contributed by atoms with E-state index >= 15 is 0 Å². The molecule has 7 nitrogen and oxygen atoms in total. The molecule has 0 saturated heterocycles. The molecule has 0 aliphatic heterocycles. The van der Waals surface area contributed by atoms with Gasteiger partial charge in [-0.2, -0.15) is 5.10 Å². The van der Waals surface area contributed by atoms with Crippen molar-refractivity contribution in [1.29, 1.82) is 0 Å². The van der Waals surface area contributed by atoms with Crippen LogP contribution in [0.1, 0.15) is 25.1 Å². The van der Waals surface area contributed by atoms with Crippen LogP contribution in [-0.2, 0) is 0 Å². The maximum absolute atomic E-state index is 11.5. The number of nitrogens with zero attached hydrogens (tertiary/aromatic N) is 3. The first-order valence-corrected chi connectivity index (χ1v) is 6.52. The number of aromatic nitrogens is 4. The molecule has 2 unspecified atom stereocenters. The highest BCUT2D eigenvalue weighted by atomic mass is 16.3. The summed E-state index contributed by atoms with van der Waals surface area (Å²) in [5.74, 6) is 1.55. The molecule has 0 amide bonds. The lowest BCUT2D eigenvalue weighted by Crippen LogP contribution is -2.22. The van der Waals surface area contributed by atoms with E-state index in [1.165, 1.54) is 4.40 Å². The van der Waals surface area contributed by atoms with Gasteiger partial charge < -0.3 is 10.4 Å². The summed E-state index contributed by atoms with van der Waals surface area (Å²) in [7, 11) is 0. The molecule has 102 valence electrons. The lowest BCUT2D eigenvalue weighted by Gasteiger charge is -2.15. The maximum Gasteiger partial charge on any atom is 0.349 e. The number of H-pyrrole nitrogens is 1. The number of aromatic amines is 1. The molecule has 2 heterocycles. The van der Waals surface area contributed by atoms with Crippen molar-refractivity contribution in [3.8, 4) is 0 Å². The SMILES string of the molecule is Cc1nc(NCC2CCCC2O)cc2n[nH]c(=O)n12. The van der Waals surface area contributed by atoms with Crippen molar-refractivity contribution in [3.63, 3.8) is 0 Å². The third-order valence-electron chi connectivity index (χ3n) is 3.73. The van der Waals surface area contributed by atoms with Gasteiger partial charge in [0.1, 0.15) is 11.6 Å². The van der Waals surface area contributed by atoms with Gasteiger partial charge in [-0.05, 0) is 19.8 Å². The zero-order valence-electron chi connectivity index (χ0n) is 10.8. The van der Waals surface area contributed by atoms with Crippen molar-refractivity contribution >= 4 is 11.5 Å². The second-order valence-corrected chi connectivity index (χ2v) is 5.05. The molecule has 0 spiro atoms. The average molecular weight is 263 g/mol. The van der Waals surface area contributed by atoms with Crippen LogP contribution < -0.4 is 11.0 Å². The molecule has 3 rings (SSSR count). The standard InChI is InChI=1S/C12H17N5O2/c1-7-14-10(5-11-15-16-12(19)17(7)11)13-6-8-3-2-4-9(8)18/h5,8-9,13,18H,2-4,6H2,1H3,(H,16,19). The van der Waals surface area contributed by atoms with Crippen molar-refractivity contribution in [2.75, 3.05) is 11.9 Å². The molecule has 2 aromatic rings. The summed E-state index contributed by atoms with van der Waals surface area (Å²) in [6, 6.07) is 1.73. The first-order valence-electron chi connectivity index (χ1n) is 6.52. The molecular weight excluding hydrogens is 246 g/mol. The Balaban J connectivity index is 1.80. The second kappa shape index (κ2) is 4.65. The molecular formula is C12H17N5O2. The predicted molar refractivity (Wildman–Crippen MR) is 70.2 cm³/mol. The quantitative estimate of drug-likeness (QED) is 0.740. The number of fused-ring (bicyclic) bond motifs is 1. The lowest BCUT2D eigenvalue weighted by molar-refractivity contribution is 0.138. The Labute approximate surface area is 109 Å². The van der Waals surface area contributed by atoms with E-state index in [0.717, 1.165) is 19.3 Å². The summed E-state index contributed by atoms with van der Waals surface area (Å²) in [6.07, 6.45) is 2.78. The Morgan fingerprint density at radius 2 is 2.42 bits per heavy atom. The number of nitrogens with one attached hydrogen (secondary N) is 2. The monoisotopic (exact) mass is 263 g/mol. The minimum absolute atomic E-state index is 0.217. The first-order chi connectivity index (χ1) is 9.15. The summed E-state index contributed by atoms with van der Waals surface area (Å²) >= 11 is 0. The highest BCUT2D eigenvalue weighted by Crippen LogP contribution is 2.25. The normalized spacial score (nSPS) is 23.1. The zero-order chi connectivity index (χ0) is 13.4. The Bertz CT molecular complexity index is 647. The van der Waals surface area contributed by atoms with Gasteiger partial charge in [-0.1, -0.05) is 6.42 Å². The lowest BCUT2D eigenvalue weighted by atomic mass is 10.1. The Morgan fingerprint density at radius 1 is 1.58 bits per heavy atom. The fourth-order valence-corrected chi connectivity index (χ4v) is 2.68. The van der Waals surface area contributed by atoms with Crippen LogP contribution in [0.2, 0.25) is 0 Å². The van der Waals surface area contributed by atoms with E-state index in [0.29, 0.717) is 23.8 Å². The van der Waals surface area contributed by atoms with E-state index in [9.17, 15) is 9.90 Å². The van der Waals surface area contributed by atoms with Gasteiger partial charge in [-0.3, -0.25) is 0 Å².